The lowest BCUT2D eigenvalue weighted by Crippen LogP contribution is -2.33. The van der Waals surface area contributed by atoms with Gasteiger partial charge in [0.25, 0.3) is 0 Å². The number of benzene rings is 3. The van der Waals surface area contributed by atoms with E-state index in [1.165, 1.54) is 36.0 Å². The predicted octanol–water partition coefficient (Wildman–Crippen LogP) is 7.15. The number of nitrogens with one attached hydrogen (secondary N) is 2. The largest absolute Gasteiger partial charge is 0.573 e. The van der Waals surface area contributed by atoms with Gasteiger partial charge in [0.1, 0.15) is 29.9 Å². The number of amidine groups is 1. The highest BCUT2D eigenvalue weighted by molar-refractivity contribution is 8.13. The molecule has 1 aliphatic rings. The van der Waals surface area contributed by atoms with Gasteiger partial charge in [0.15, 0.2) is 5.17 Å². The number of hydrazone groups is 1. The maximum Gasteiger partial charge on any atom is 0.573 e. The zero-order valence-electron chi connectivity index (χ0n) is 26.2. The molecule has 4 rings (SSSR count). The summed E-state index contributed by atoms with van der Waals surface area (Å²) in [5, 5.41) is 6.61. The molecule has 0 aliphatic carbocycles. The number of carbonyl (C=O) groups excluding carboxylic acids is 1. The molecule has 0 saturated heterocycles. The smallest absolute Gasteiger partial charge is 0.497 e. The van der Waals surface area contributed by atoms with E-state index in [1.807, 2.05) is 57.2 Å². The Morgan fingerprint density at radius 1 is 1.07 bits per heavy atom. The molecule has 0 aromatic heterocycles. The Bertz CT molecular complexity index is 1590. The minimum atomic E-state index is -4.75. The summed E-state index contributed by atoms with van der Waals surface area (Å²) in [4.78, 5) is 21.2. The molecule has 3 aromatic rings. The Morgan fingerprint density at radius 2 is 1.72 bits per heavy atom. The van der Waals surface area contributed by atoms with Crippen LogP contribution in [0.5, 0.6) is 11.5 Å². The third-order valence-corrected chi connectivity index (χ3v) is 7.38. The van der Waals surface area contributed by atoms with Gasteiger partial charge in [0.2, 0.25) is 0 Å². The number of halogens is 3. The second-order valence-corrected chi connectivity index (χ2v) is 11.5. The molecular formula is C32H35F3N6O4S. The van der Waals surface area contributed by atoms with Crippen LogP contribution in [0.2, 0.25) is 0 Å². The van der Waals surface area contributed by atoms with Crippen molar-refractivity contribution < 1.29 is 32.2 Å². The number of nitrogens with zero attached hydrogens (tertiary/aromatic N) is 4. The molecule has 1 aliphatic heterocycles. The Hall–Kier alpha value is -4.56. The highest BCUT2D eigenvalue weighted by Gasteiger charge is 2.31. The lowest BCUT2D eigenvalue weighted by Gasteiger charge is -2.18. The third kappa shape index (κ3) is 9.47. The molecule has 0 bridgehead atoms. The number of rotatable bonds is 10. The van der Waals surface area contributed by atoms with Gasteiger partial charge in [-0.1, -0.05) is 38.1 Å². The van der Waals surface area contributed by atoms with E-state index in [1.54, 1.807) is 32.3 Å². The number of alkyl halides is 3. The van der Waals surface area contributed by atoms with Gasteiger partial charge in [-0.3, -0.25) is 15.2 Å². The summed E-state index contributed by atoms with van der Waals surface area (Å²) in [6.45, 7) is 9.28. The highest BCUT2D eigenvalue weighted by atomic mass is 32.2. The molecule has 1 unspecified atom stereocenters. The van der Waals surface area contributed by atoms with Crippen LogP contribution < -0.4 is 25.3 Å². The van der Waals surface area contributed by atoms with E-state index in [0.717, 1.165) is 33.7 Å². The monoisotopic (exact) mass is 656 g/mol. The van der Waals surface area contributed by atoms with Crippen molar-refractivity contribution in [2.24, 2.45) is 21.0 Å². The van der Waals surface area contributed by atoms with Crippen LogP contribution in [0, 0.1) is 19.8 Å². The standard InChI is InChI=1S/C32H35F3N6O4S/c1-19(2)30(42)44-18-46-31(37-28-20(3)15-27(43-6)16-21(28)4)39-38-22(5)23-7-9-24(10-8-23)29-36-17-41(40-29)25-11-13-26(14-12-25)45-32(33,34)35/h7-17,19,29,40H,18H2,1-6H3,(H,37,39)/b38-22+. The number of thioether (sulfide) groups is 1. The molecule has 14 heteroatoms. The van der Waals surface area contributed by atoms with E-state index in [2.05, 4.69) is 25.7 Å². The molecule has 0 fully saturated rings. The maximum absolute atomic E-state index is 12.5. The first kappa shape index (κ1) is 34.3. The maximum atomic E-state index is 12.5. The van der Waals surface area contributed by atoms with Gasteiger partial charge in [-0.05, 0) is 91.2 Å². The van der Waals surface area contributed by atoms with E-state index >= 15 is 0 Å². The number of hydrogen-bond donors (Lipinski definition) is 2. The lowest BCUT2D eigenvalue weighted by molar-refractivity contribution is -0.274. The van der Waals surface area contributed by atoms with Gasteiger partial charge in [-0.2, -0.15) is 10.5 Å². The number of carbonyl (C=O) groups is 1. The summed E-state index contributed by atoms with van der Waals surface area (Å²) in [5.74, 6) is -0.0499. The summed E-state index contributed by atoms with van der Waals surface area (Å²) in [6, 6.07) is 16.9. The summed E-state index contributed by atoms with van der Waals surface area (Å²) in [7, 11) is 1.61. The van der Waals surface area contributed by atoms with E-state index in [0.29, 0.717) is 16.6 Å². The molecule has 0 saturated carbocycles. The average Bonchev–Trinajstić information content (AvgIpc) is 3.51. The van der Waals surface area contributed by atoms with Crippen LogP contribution >= 0.6 is 11.8 Å². The molecular weight excluding hydrogens is 621 g/mol. The molecule has 1 atom stereocenters. The third-order valence-electron chi connectivity index (χ3n) is 6.69. The number of esters is 1. The van der Waals surface area contributed by atoms with Crippen LogP contribution in [0.1, 0.15) is 49.2 Å². The summed E-state index contributed by atoms with van der Waals surface area (Å²) in [6.07, 6.45) is -3.58. The molecule has 2 N–H and O–H groups in total. The van der Waals surface area contributed by atoms with Gasteiger partial charge in [0, 0.05) is 0 Å². The lowest BCUT2D eigenvalue weighted by atomic mass is 10.1. The van der Waals surface area contributed by atoms with Gasteiger partial charge < -0.3 is 14.2 Å². The number of anilines is 1. The van der Waals surface area contributed by atoms with Crippen molar-refractivity contribution in [1.29, 1.82) is 0 Å². The highest BCUT2D eigenvalue weighted by Crippen LogP contribution is 2.30. The summed E-state index contributed by atoms with van der Waals surface area (Å²) >= 11 is 1.22. The molecule has 10 nitrogen and oxygen atoms in total. The fourth-order valence-corrected chi connectivity index (χ4v) is 4.81. The quantitative estimate of drug-likeness (QED) is 0.0779. The first-order chi connectivity index (χ1) is 21.8. The minimum absolute atomic E-state index is 0.0672. The first-order valence-electron chi connectivity index (χ1n) is 14.2. The van der Waals surface area contributed by atoms with Crippen LogP contribution in [-0.4, -0.2) is 42.6 Å². The van der Waals surface area contributed by atoms with Gasteiger partial charge in [-0.15, -0.1) is 13.2 Å². The van der Waals surface area contributed by atoms with Crippen LogP contribution in [0.4, 0.5) is 24.5 Å². The fraction of sp³-hybridized carbons (Fsp3) is 0.312. The van der Waals surface area contributed by atoms with Crippen molar-refractivity contribution in [2.75, 3.05) is 18.1 Å². The first-order valence-corrected chi connectivity index (χ1v) is 15.2. The van der Waals surface area contributed by atoms with E-state index < -0.39 is 12.5 Å². The van der Waals surface area contributed by atoms with Gasteiger partial charge in [0.05, 0.1) is 30.1 Å². The van der Waals surface area contributed by atoms with E-state index in [4.69, 9.17) is 14.5 Å². The van der Waals surface area contributed by atoms with Gasteiger partial charge in [-0.25, -0.2) is 9.98 Å². The molecule has 0 amide bonds. The zero-order valence-corrected chi connectivity index (χ0v) is 27.0. The van der Waals surface area contributed by atoms with Crippen molar-refractivity contribution in [2.45, 2.75) is 47.1 Å². The Balaban J connectivity index is 1.43. The second kappa shape index (κ2) is 15.1. The zero-order chi connectivity index (χ0) is 33.4. The second-order valence-electron chi connectivity index (χ2n) is 10.5. The number of aliphatic imine (C=N–C) groups is 2. The minimum Gasteiger partial charge on any atom is -0.497 e. The molecule has 0 radical (unpaired) electrons. The molecule has 46 heavy (non-hydrogen) atoms. The normalized spacial score (nSPS) is 15.3. The SMILES string of the molecule is COc1cc(C)c(/N=C(/N/N=C(\C)c2ccc(C3N=CN(c4ccc(OC(F)(F)F)cc4)N3)cc2)SCOC(=O)C(C)C)c(C)c1. The molecule has 0 spiro atoms. The predicted molar refractivity (Wildman–Crippen MR) is 175 cm³/mol. The fourth-order valence-electron chi connectivity index (χ4n) is 4.26. The van der Waals surface area contributed by atoms with Gasteiger partial charge >= 0.3 is 12.3 Å². The van der Waals surface area contributed by atoms with Crippen molar-refractivity contribution in [3.63, 3.8) is 0 Å². The van der Waals surface area contributed by atoms with E-state index in [9.17, 15) is 18.0 Å². The van der Waals surface area contributed by atoms with Crippen LogP contribution in [0.3, 0.4) is 0 Å². The average molecular weight is 657 g/mol. The van der Waals surface area contributed by atoms with Crippen molar-refractivity contribution in [3.8, 4) is 11.5 Å². The molecule has 244 valence electrons. The van der Waals surface area contributed by atoms with E-state index in [-0.39, 0.29) is 23.6 Å². The number of ether oxygens (including phenoxy) is 3. The van der Waals surface area contributed by atoms with Crippen LogP contribution in [0.25, 0.3) is 0 Å². The van der Waals surface area contributed by atoms with Crippen LogP contribution in [0.15, 0.2) is 75.7 Å². The number of hydrogen-bond acceptors (Lipinski definition) is 10. The van der Waals surface area contributed by atoms with Crippen molar-refractivity contribution in [1.82, 2.24) is 10.9 Å². The number of hydrazine groups is 1. The Morgan fingerprint density at radius 3 is 2.30 bits per heavy atom. The summed E-state index contributed by atoms with van der Waals surface area (Å²) < 4.78 is 52.0. The Labute approximate surface area is 269 Å². The van der Waals surface area contributed by atoms with Crippen LogP contribution in [-0.2, 0) is 9.53 Å². The summed E-state index contributed by atoms with van der Waals surface area (Å²) in [5.41, 5.74) is 11.8. The molecule has 3 aromatic carbocycles. The van der Waals surface area contributed by atoms with Crippen molar-refractivity contribution >= 4 is 46.3 Å². The topological polar surface area (TPSA) is 109 Å². The number of methoxy groups -OCH3 is 1. The number of aryl methyl sites for hydroxylation is 2. The molecule has 1 heterocycles. The van der Waals surface area contributed by atoms with Crippen molar-refractivity contribution in [3.05, 3.63) is 82.9 Å². The Kier molecular flexibility index (Phi) is 11.3.